The Morgan fingerprint density at radius 1 is 0.500 bits per heavy atom. The predicted molar refractivity (Wildman–Crippen MR) is 285 cm³/mol. The maximum atomic E-state index is 5.85. The summed E-state index contributed by atoms with van der Waals surface area (Å²) in [5.74, 6) is 1.83. The Labute approximate surface area is 398 Å². The largest absolute Gasteiger partial charge is 0.354 e. The van der Waals surface area contributed by atoms with Crippen molar-refractivity contribution in [3.8, 4) is 50.5 Å². The third kappa shape index (κ3) is 6.44. The van der Waals surface area contributed by atoms with Crippen molar-refractivity contribution in [3.63, 3.8) is 0 Å². The van der Waals surface area contributed by atoms with Crippen molar-refractivity contribution in [1.29, 1.82) is 0 Å². The molecule has 0 saturated heterocycles. The van der Waals surface area contributed by atoms with Crippen molar-refractivity contribution in [1.82, 2.24) is 19.5 Å². The molecule has 0 atom stereocenters. The normalized spacial score (nSPS) is 13.1. The lowest BCUT2D eigenvalue weighted by Gasteiger charge is -2.41. The summed E-state index contributed by atoms with van der Waals surface area (Å²) >= 11 is 0. The molecule has 0 unspecified atom stereocenters. The average molecular weight is 880 g/mol. The van der Waals surface area contributed by atoms with Gasteiger partial charge in [0, 0.05) is 56.0 Å². The number of hydrogen-bond donors (Lipinski definition) is 1. The maximum absolute atomic E-state index is 5.85. The highest BCUT2D eigenvalue weighted by molar-refractivity contribution is 6.12. The molecule has 0 radical (unpaired) electrons. The summed E-state index contributed by atoms with van der Waals surface area (Å²) in [4.78, 5) is 17.1. The minimum absolute atomic E-state index is 0.218. The number of anilines is 3. The highest BCUT2D eigenvalue weighted by Crippen LogP contribution is 2.51. The molecule has 8 aromatic carbocycles. The molecule has 0 spiro atoms. The van der Waals surface area contributed by atoms with Crippen LogP contribution in [0.1, 0.15) is 58.4 Å². The van der Waals surface area contributed by atoms with E-state index in [1.165, 1.54) is 72.0 Å². The summed E-state index contributed by atoms with van der Waals surface area (Å²) < 4.78 is 2.41. The third-order valence-electron chi connectivity index (χ3n) is 14.5. The molecule has 3 aromatic heterocycles. The molecule has 12 rings (SSSR count). The van der Waals surface area contributed by atoms with Crippen molar-refractivity contribution in [2.45, 2.75) is 60.8 Å². The summed E-state index contributed by atoms with van der Waals surface area (Å²) in [5.41, 5.74) is 25.2. The number of benzene rings is 8. The average Bonchev–Trinajstić information content (AvgIpc) is 3.90. The number of aromatic nitrogens is 4. The number of nitrogens with one attached hydrogen (secondary N) is 1. The van der Waals surface area contributed by atoms with Gasteiger partial charge in [-0.2, -0.15) is 0 Å². The summed E-state index contributed by atoms with van der Waals surface area (Å²) in [6, 6.07) is 60.3. The molecule has 1 aliphatic rings. The molecule has 68 heavy (non-hydrogen) atoms. The summed E-state index contributed by atoms with van der Waals surface area (Å²) in [6.45, 7) is 17.9. The number of para-hydroxylation sites is 3. The van der Waals surface area contributed by atoms with E-state index in [0.29, 0.717) is 0 Å². The Morgan fingerprint density at radius 2 is 1.12 bits per heavy atom. The van der Waals surface area contributed by atoms with Crippen molar-refractivity contribution in [2.24, 2.45) is 0 Å². The molecule has 4 heterocycles. The Bertz CT molecular complexity index is 3760. The number of pyridine rings is 1. The van der Waals surface area contributed by atoms with Crippen LogP contribution in [-0.2, 0) is 5.41 Å². The van der Waals surface area contributed by atoms with Gasteiger partial charge in [-0.15, -0.1) is 0 Å². The molecular formula is C63H53N5. The second-order valence-corrected chi connectivity index (χ2v) is 19.6. The molecule has 1 N–H and O–H groups in total. The van der Waals surface area contributed by atoms with Crippen LogP contribution < -0.4 is 4.90 Å². The molecule has 330 valence electrons. The SMILES string of the molecule is Cc1cc(C)c(-c2cccc(-n3c(-c4cccc5c4[nH]c4ccccc45)nc4c(-c5cccc(N6c7ccccc7C(C)(C)c7cccnc76)c5)cc(-c5c(C)cc(C)cc5C)cc43)c2)c(C)c1. The minimum atomic E-state index is -0.218. The molecule has 5 nitrogen and oxygen atoms in total. The zero-order valence-corrected chi connectivity index (χ0v) is 40.0. The first-order valence-corrected chi connectivity index (χ1v) is 23.7. The minimum Gasteiger partial charge on any atom is -0.354 e. The quantitative estimate of drug-likeness (QED) is 0.181. The van der Waals surface area contributed by atoms with Crippen molar-refractivity contribution < 1.29 is 0 Å². The predicted octanol–water partition coefficient (Wildman–Crippen LogP) is 16.7. The van der Waals surface area contributed by atoms with E-state index in [1.807, 2.05) is 6.20 Å². The highest BCUT2D eigenvalue weighted by Gasteiger charge is 2.37. The van der Waals surface area contributed by atoms with E-state index < -0.39 is 0 Å². The Balaban J connectivity index is 1.17. The van der Waals surface area contributed by atoms with Crippen LogP contribution in [-0.4, -0.2) is 19.5 Å². The van der Waals surface area contributed by atoms with Crippen molar-refractivity contribution >= 4 is 50.0 Å². The number of imidazole rings is 1. The molecule has 1 aliphatic heterocycles. The van der Waals surface area contributed by atoms with E-state index >= 15 is 0 Å². The number of nitrogens with zero attached hydrogens (tertiary/aromatic N) is 4. The van der Waals surface area contributed by atoms with Crippen LogP contribution in [0.4, 0.5) is 17.2 Å². The third-order valence-corrected chi connectivity index (χ3v) is 14.5. The molecule has 11 aromatic rings. The van der Waals surface area contributed by atoms with E-state index in [-0.39, 0.29) is 5.41 Å². The molecule has 0 aliphatic carbocycles. The van der Waals surface area contributed by atoms with Gasteiger partial charge in [0.1, 0.15) is 11.6 Å². The van der Waals surface area contributed by atoms with E-state index in [4.69, 9.17) is 9.97 Å². The molecule has 0 amide bonds. The first-order chi connectivity index (χ1) is 32.9. The molecule has 0 bridgehead atoms. The van der Waals surface area contributed by atoms with Crippen molar-refractivity contribution in [2.75, 3.05) is 4.90 Å². The van der Waals surface area contributed by atoms with Gasteiger partial charge >= 0.3 is 0 Å². The number of aromatic amines is 1. The zero-order valence-electron chi connectivity index (χ0n) is 40.0. The number of rotatable bonds is 6. The second-order valence-electron chi connectivity index (χ2n) is 19.6. The van der Waals surface area contributed by atoms with E-state index in [2.05, 4.69) is 234 Å². The van der Waals surface area contributed by atoms with E-state index in [0.717, 1.165) is 73.0 Å². The Morgan fingerprint density at radius 3 is 1.88 bits per heavy atom. The van der Waals surface area contributed by atoms with E-state index in [1.54, 1.807) is 0 Å². The van der Waals surface area contributed by atoms with Crippen LogP contribution in [0, 0.1) is 41.5 Å². The fourth-order valence-corrected chi connectivity index (χ4v) is 11.7. The smallest absolute Gasteiger partial charge is 0.147 e. The monoisotopic (exact) mass is 879 g/mol. The Kier molecular flexibility index (Phi) is 9.46. The number of hydrogen-bond acceptors (Lipinski definition) is 3. The van der Waals surface area contributed by atoms with Crippen LogP contribution in [0.2, 0.25) is 0 Å². The number of aryl methyl sites for hydroxylation is 6. The zero-order chi connectivity index (χ0) is 46.6. The van der Waals surface area contributed by atoms with Crippen LogP contribution in [0.5, 0.6) is 0 Å². The van der Waals surface area contributed by atoms with Crippen LogP contribution in [0.25, 0.3) is 83.3 Å². The summed E-state index contributed by atoms with van der Waals surface area (Å²) in [6.07, 6.45) is 1.91. The molecule has 0 saturated carbocycles. The van der Waals surface area contributed by atoms with Gasteiger partial charge in [0.2, 0.25) is 0 Å². The summed E-state index contributed by atoms with van der Waals surface area (Å²) in [5, 5.41) is 2.37. The first-order valence-electron chi connectivity index (χ1n) is 23.7. The number of fused-ring (bicyclic) bond motifs is 6. The van der Waals surface area contributed by atoms with Gasteiger partial charge in [0.15, 0.2) is 0 Å². The van der Waals surface area contributed by atoms with Gasteiger partial charge < -0.3 is 4.98 Å². The Hall–Kier alpha value is -8.02. The standard InChI is InChI=1S/C63H53N5/c1-37-29-39(3)57(40(4)30-37)44-18-14-20-47(34-44)68-56-36-45(58-41(5)31-38(2)32-42(58)6)35-51(60(56)66-61(68)50-23-15-22-49-48-21-9-11-26-54(48)65-59(49)50)43-17-13-19-46(33-43)67-55-27-12-10-24-52(55)63(7,8)53-25-16-28-64-62(53)67/h9-36,65H,1-8H3. The van der Waals surface area contributed by atoms with Gasteiger partial charge in [-0.1, -0.05) is 128 Å². The lowest BCUT2D eigenvalue weighted by Crippen LogP contribution is -2.31. The topological polar surface area (TPSA) is 49.7 Å². The van der Waals surface area contributed by atoms with Crippen LogP contribution >= 0.6 is 0 Å². The lowest BCUT2D eigenvalue weighted by molar-refractivity contribution is 0.627. The molecule has 0 fully saturated rings. The molecule has 5 heteroatoms. The lowest BCUT2D eigenvalue weighted by atomic mass is 9.74. The van der Waals surface area contributed by atoms with Crippen molar-refractivity contribution in [3.05, 3.63) is 214 Å². The van der Waals surface area contributed by atoms with Gasteiger partial charge in [0.05, 0.1) is 22.2 Å². The first kappa shape index (κ1) is 41.4. The molecular weight excluding hydrogens is 827 g/mol. The van der Waals surface area contributed by atoms with Gasteiger partial charge in [-0.3, -0.25) is 9.47 Å². The van der Waals surface area contributed by atoms with E-state index in [9.17, 15) is 0 Å². The van der Waals surface area contributed by atoms with Gasteiger partial charge in [-0.05, 0) is 158 Å². The van der Waals surface area contributed by atoms with Gasteiger partial charge in [0.25, 0.3) is 0 Å². The fraction of sp³-hybridized carbons (Fsp3) is 0.143. The summed E-state index contributed by atoms with van der Waals surface area (Å²) in [7, 11) is 0. The van der Waals surface area contributed by atoms with Crippen LogP contribution in [0.3, 0.4) is 0 Å². The number of H-pyrrole nitrogens is 1. The van der Waals surface area contributed by atoms with Crippen LogP contribution in [0.15, 0.2) is 170 Å². The highest BCUT2D eigenvalue weighted by atomic mass is 15.2. The van der Waals surface area contributed by atoms with Gasteiger partial charge in [-0.25, -0.2) is 9.97 Å². The maximum Gasteiger partial charge on any atom is 0.147 e. The fourth-order valence-electron chi connectivity index (χ4n) is 11.7. The second kappa shape index (κ2) is 15.5.